The van der Waals surface area contributed by atoms with Crippen LogP contribution >= 0.6 is 15.9 Å². The number of piperazine rings is 1. The third-order valence-electron chi connectivity index (χ3n) is 3.96. The molecule has 0 saturated carbocycles. The first-order valence-electron chi connectivity index (χ1n) is 7.00. The average Bonchev–Trinajstić information content (AvgIpc) is 2.46. The summed E-state index contributed by atoms with van der Waals surface area (Å²) < 4.78 is 1.09. The lowest BCUT2D eigenvalue weighted by Crippen LogP contribution is -2.48. The fourth-order valence-corrected chi connectivity index (χ4v) is 2.92. The third-order valence-corrected chi connectivity index (χ3v) is 4.45. The summed E-state index contributed by atoms with van der Waals surface area (Å²) in [6.45, 7) is 7.19. The lowest BCUT2D eigenvalue weighted by molar-refractivity contribution is -0.129. The number of hydrogen-bond donors (Lipinski definition) is 1. The fraction of sp³-hybridized carbons (Fsp3) is 0.533. The van der Waals surface area contributed by atoms with E-state index >= 15 is 0 Å². The Balaban J connectivity index is 2.20. The Bertz CT molecular complexity index is 484. The number of rotatable bonds is 3. The zero-order valence-electron chi connectivity index (χ0n) is 12.3. The highest BCUT2D eigenvalue weighted by Gasteiger charge is 2.21. The van der Waals surface area contributed by atoms with Crippen LogP contribution in [-0.4, -0.2) is 44.0 Å². The van der Waals surface area contributed by atoms with Crippen molar-refractivity contribution in [2.24, 2.45) is 0 Å². The Kier molecular flexibility index (Phi) is 5.05. The molecular weight excluding hydrogens is 318 g/mol. The molecule has 1 aliphatic heterocycles. The molecule has 1 aromatic carbocycles. The van der Waals surface area contributed by atoms with Gasteiger partial charge in [0.15, 0.2) is 0 Å². The summed E-state index contributed by atoms with van der Waals surface area (Å²) in [5.74, 6) is 0.169. The molecule has 0 spiro atoms. The van der Waals surface area contributed by atoms with Crippen LogP contribution < -0.4 is 10.2 Å². The number of hydrogen-bond acceptors (Lipinski definition) is 3. The van der Waals surface area contributed by atoms with Crippen molar-refractivity contribution in [3.8, 4) is 0 Å². The van der Waals surface area contributed by atoms with E-state index in [0.29, 0.717) is 6.04 Å². The Labute approximate surface area is 129 Å². The van der Waals surface area contributed by atoms with Crippen LogP contribution in [0.15, 0.2) is 22.7 Å². The average molecular weight is 340 g/mol. The van der Waals surface area contributed by atoms with Crippen LogP contribution in [0.4, 0.5) is 5.69 Å². The van der Waals surface area contributed by atoms with E-state index in [9.17, 15) is 4.79 Å². The number of anilines is 1. The van der Waals surface area contributed by atoms with Crippen molar-refractivity contribution in [1.29, 1.82) is 0 Å². The van der Waals surface area contributed by atoms with E-state index in [1.54, 1.807) is 6.92 Å². The summed E-state index contributed by atoms with van der Waals surface area (Å²) in [6.07, 6.45) is 0. The van der Waals surface area contributed by atoms with Gasteiger partial charge in [-0.05, 0) is 31.7 Å². The number of halogens is 1. The van der Waals surface area contributed by atoms with Crippen LogP contribution in [0.25, 0.3) is 0 Å². The summed E-state index contributed by atoms with van der Waals surface area (Å²) in [6, 6.07) is 6.73. The van der Waals surface area contributed by atoms with Gasteiger partial charge < -0.3 is 15.1 Å². The lowest BCUT2D eigenvalue weighted by atomic mass is 10.0. The van der Waals surface area contributed by atoms with Gasteiger partial charge in [-0.2, -0.15) is 0 Å². The predicted molar refractivity (Wildman–Crippen MR) is 86.1 cm³/mol. The number of amides is 1. The van der Waals surface area contributed by atoms with Gasteiger partial charge in [0.05, 0.1) is 0 Å². The molecule has 0 bridgehead atoms. The van der Waals surface area contributed by atoms with E-state index in [-0.39, 0.29) is 5.91 Å². The predicted octanol–water partition coefficient (Wildman–Crippen LogP) is 2.40. The SMILES string of the molecule is CNC(C)c1ccc(Br)cc1N1CCN(C(C)=O)CC1. The molecule has 5 heteroatoms. The van der Waals surface area contributed by atoms with Gasteiger partial charge in [0.25, 0.3) is 0 Å². The first-order chi connectivity index (χ1) is 9.52. The Morgan fingerprint density at radius 1 is 1.30 bits per heavy atom. The molecule has 0 radical (unpaired) electrons. The maximum atomic E-state index is 11.4. The molecule has 1 N–H and O–H groups in total. The molecule has 1 aromatic rings. The Morgan fingerprint density at radius 3 is 2.50 bits per heavy atom. The second-order valence-corrected chi connectivity index (χ2v) is 6.12. The van der Waals surface area contributed by atoms with Crippen molar-refractivity contribution in [1.82, 2.24) is 10.2 Å². The first kappa shape index (κ1) is 15.3. The van der Waals surface area contributed by atoms with Crippen molar-refractivity contribution in [3.63, 3.8) is 0 Å². The number of nitrogens with one attached hydrogen (secondary N) is 1. The molecule has 1 saturated heterocycles. The van der Waals surface area contributed by atoms with Gasteiger partial charge >= 0.3 is 0 Å². The van der Waals surface area contributed by atoms with Crippen molar-refractivity contribution in [2.45, 2.75) is 19.9 Å². The normalized spacial score (nSPS) is 17.2. The van der Waals surface area contributed by atoms with E-state index in [2.05, 4.69) is 51.3 Å². The maximum absolute atomic E-state index is 11.4. The minimum Gasteiger partial charge on any atom is -0.368 e. The summed E-state index contributed by atoms with van der Waals surface area (Å²) in [7, 11) is 1.98. The van der Waals surface area contributed by atoms with E-state index in [1.807, 2.05) is 11.9 Å². The van der Waals surface area contributed by atoms with Gasteiger partial charge in [-0.3, -0.25) is 4.79 Å². The van der Waals surface area contributed by atoms with Crippen LogP contribution in [0, 0.1) is 0 Å². The summed E-state index contributed by atoms with van der Waals surface area (Å²) in [4.78, 5) is 15.7. The van der Waals surface area contributed by atoms with E-state index in [1.165, 1.54) is 11.3 Å². The summed E-state index contributed by atoms with van der Waals surface area (Å²) >= 11 is 3.56. The highest BCUT2D eigenvalue weighted by Crippen LogP contribution is 2.30. The van der Waals surface area contributed by atoms with Crippen molar-refractivity contribution in [3.05, 3.63) is 28.2 Å². The van der Waals surface area contributed by atoms with Crippen LogP contribution in [0.5, 0.6) is 0 Å². The standard InChI is InChI=1S/C15H22BrN3O/c1-11(17-3)14-5-4-13(16)10-15(14)19-8-6-18(7-9-19)12(2)20/h4-5,10-11,17H,6-9H2,1-3H3. The van der Waals surface area contributed by atoms with Gasteiger partial charge in [0.1, 0.15) is 0 Å². The highest BCUT2D eigenvalue weighted by atomic mass is 79.9. The first-order valence-corrected chi connectivity index (χ1v) is 7.79. The molecule has 1 atom stereocenters. The monoisotopic (exact) mass is 339 g/mol. The lowest BCUT2D eigenvalue weighted by Gasteiger charge is -2.37. The molecule has 20 heavy (non-hydrogen) atoms. The van der Waals surface area contributed by atoms with Crippen LogP contribution in [-0.2, 0) is 4.79 Å². The zero-order valence-corrected chi connectivity index (χ0v) is 13.9. The topological polar surface area (TPSA) is 35.6 Å². The van der Waals surface area contributed by atoms with E-state index < -0.39 is 0 Å². The number of carbonyl (C=O) groups excluding carboxylic acids is 1. The van der Waals surface area contributed by atoms with Crippen molar-refractivity contribution < 1.29 is 4.79 Å². The van der Waals surface area contributed by atoms with Crippen LogP contribution in [0.1, 0.15) is 25.5 Å². The molecule has 1 heterocycles. The molecule has 2 rings (SSSR count). The van der Waals surface area contributed by atoms with Gasteiger partial charge in [-0.1, -0.05) is 22.0 Å². The smallest absolute Gasteiger partial charge is 0.219 e. The number of nitrogens with zero attached hydrogens (tertiary/aromatic N) is 2. The van der Waals surface area contributed by atoms with Gasteiger partial charge in [-0.25, -0.2) is 0 Å². The van der Waals surface area contributed by atoms with Gasteiger partial charge in [0.2, 0.25) is 5.91 Å². The quantitative estimate of drug-likeness (QED) is 0.918. The van der Waals surface area contributed by atoms with Crippen molar-refractivity contribution >= 4 is 27.5 Å². The van der Waals surface area contributed by atoms with Crippen LogP contribution in [0.3, 0.4) is 0 Å². The fourth-order valence-electron chi connectivity index (χ4n) is 2.57. The van der Waals surface area contributed by atoms with Gasteiger partial charge in [-0.15, -0.1) is 0 Å². The van der Waals surface area contributed by atoms with E-state index in [0.717, 1.165) is 30.7 Å². The molecule has 1 fully saturated rings. The van der Waals surface area contributed by atoms with Crippen LogP contribution in [0.2, 0.25) is 0 Å². The number of benzene rings is 1. The third kappa shape index (κ3) is 3.33. The van der Waals surface area contributed by atoms with Crippen molar-refractivity contribution in [2.75, 3.05) is 38.1 Å². The molecule has 0 aromatic heterocycles. The summed E-state index contributed by atoms with van der Waals surface area (Å²) in [5.41, 5.74) is 2.55. The molecule has 110 valence electrons. The maximum Gasteiger partial charge on any atom is 0.219 e. The molecule has 1 aliphatic rings. The van der Waals surface area contributed by atoms with Gasteiger partial charge in [0, 0.05) is 49.3 Å². The second-order valence-electron chi connectivity index (χ2n) is 5.21. The minimum absolute atomic E-state index is 0.169. The minimum atomic E-state index is 0.169. The highest BCUT2D eigenvalue weighted by molar-refractivity contribution is 9.10. The second kappa shape index (κ2) is 6.59. The Hall–Kier alpha value is -1.07. The van der Waals surface area contributed by atoms with E-state index in [4.69, 9.17) is 0 Å². The molecule has 0 aliphatic carbocycles. The summed E-state index contributed by atoms with van der Waals surface area (Å²) in [5, 5.41) is 3.30. The molecule has 4 nitrogen and oxygen atoms in total. The molecule has 1 amide bonds. The Morgan fingerprint density at radius 2 is 1.95 bits per heavy atom. The largest absolute Gasteiger partial charge is 0.368 e. The molecular formula is C15H22BrN3O. The molecule has 1 unspecified atom stereocenters. The zero-order chi connectivity index (χ0) is 14.7. The number of carbonyl (C=O) groups is 1.